The maximum Gasteiger partial charge on any atom is 0.410 e. The molecule has 42 heavy (non-hydrogen) atoms. The van der Waals surface area contributed by atoms with E-state index in [2.05, 4.69) is 56.6 Å². The van der Waals surface area contributed by atoms with E-state index in [1.54, 1.807) is 18.6 Å². The Hall–Kier alpha value is -4.99. The van der Waals surface area contributed by atoms with Crippen LogP contribution >= 0.6 is 0 Å². The zero-order valence-electron chi connectivity index (χ0n) is 23.8. The monoisotopic (exact) mass is 560 g/mol. The van der Waals surface area contributed by atoms with Crippen molar-refractivity contribution in [2.24, 2.45) is 0 Å². The molecule has 2 saturated heterocycles. The fourth-order valence-corrected chi connectivity index (χ4v) is 5.89. The van der Waals surface area contributed by atoms with Crippen LogP contribution in [0.1, 0.15) is 27.2 Å². The van der Waals surface area contributed by atoms with Gasteiger partial charge in [0, 0.05) is 43.1 Å². The normalized spacial score (nSPS) is 18.1. The van der Waals surface area contributed by atoms with Gasteiger partial charge >= 0.3 is 6.09 Å². The predicted octanol–water partition coefficient (Wildman–Crippen LogP) is 5.82. The number of carbonyl (C=O) groups is 1. The second-order valence-electron chi connectivity index (χ2n) is 11.8. The van der Waals surface area contributed by atoms with Gasteiger partial charge in [0.15, 0.2) is 5.82 Å². The molecule has 0 saturated carbocycles. The molecule has 2 fully saturated rings. The van der Waals surface area contributed by atoms with Gasteiger partial charge in [-0.15, -0.1) is 5.10 Å². The molecular formula is C32H32N8O2. The van der Waals surface area contributed by atoms with Crippen LogP contribution in [0.2, 0.25) is 0 Å². The lowest BCUT2D eigenvalue weighted by atomic mass is 10.0. The van der Waals surface area contributed by atoms with Crippen molar-refractivity contribution in [2.45, 2.75) is 44.9 Å². The molecule has 5 heterocycles. The summed E-state index contributed by atoms with van der Waals surface area (Å²) in [7, 11) is 0. The average molecular weight is 561 g/mol. The molecule has 10 heteroatoms. The van der Waals surface area contributed by atoms with Crippen LogP contribution in [0, 0.1) is 0 Å². The third-order valence-corrected chi connectivity index (χ3v) is 7.73. The maximum atomic E-state index is 12.8. The number of ether oxygens (including phenoxy) is 1. The molecule has 1 N–H and O–H groups in total. The van der Waals surface area contributed by atoms with Gasteiger partial charge in [0.05, 0.1) is 29.5 Å². The van der Waals surface area contributed by atoms with E-state index in [1.165, 1.54) is 0 Å². The number of rotatable bonds is 5. The van der Waals surface area contributed by atoms with E-state index in [0.29, 0.717) is 18.2 Å². The van der Waals surface area contributed by atoms with E-state index in [1.807, 2.05) is 60.8 Å². The second-order valence-corrected chi connectivity index (χ2v) is 11.8. The molecule has 0 radical (unpaired) electrons. The Balaban J connectivity index is 1.23. The molecule has 2 bridgehead atoms. The zero-order chi connectivity index (χ0) is 28.8. The van der Waals surface area contributed by atoms with Crippen molar-refractivity contribution in [2.75, 3.05) is 23.3 Å². The van der Waals surface area contributed by atoms with Crippen LogP contribution in [0.5, 0.6) is 0 Å². The minimum atomic E-state index is -0.512. The Kier molecular flexibility index (Phi) is 6.26. The Morgan fingerprint density at radius 3 is 2.52 bits per heavy atom. The molecule has 2 aromatic carbocycles. The number of likely N-dealkylation sites (tertiary alicyclic amines) is 1. The molecule has 10 nitrogen and oxygen atoms in total. The van der Waals surface area contributed by atoms with Crippen molar-refractivity contribution in [1.29, 1.82) is 0 Å². The quantitative estimate of drug-likeness (QED) is 0.287. The number of carbonyl (C=O) groups excluding carboxylic acids is 1. The SMILES string of the molecule is CC(C)(C)OC(=O)N1C[C@@H]2C[C@H]1CN2c1cc(-n2nc(Nc3cnccn3)c3ccc(-c4ccccc4)cc32)ccn1. The first-order valence-electron chi connectivity index (χ1n) is 14.2. The van der Waals surface area contributed by atoms with Gasteiger partial charge in [0.1, 0.15) is 17.2 Å². The highest BCUT2D eigenvalue weighted by Gasteiger charge is 2.47. The smallest absolute Gasteiger partial charge is 0.410 e. The number of hydrogen-bond donors (Lipinski definition) is 1. The summed E-state index contributed by atoms with van der Waals surface area (Å²) in [5, 5.41) is 9.30. The van der Waals surface area contributed by atoms with Gasteiger partial charge in [0.2, 0.25) is 0 Å². The van der Waals surface area contributed by atoms with E-state index in [0.717, 1.165) is 46.5 Å². The number of nitrogens with zero attached hydrogens (tertiary/aromatic N) is 7. The summed E-state index contributed by atoms with van der Waals surface area (Å²) in [4.78, 5) is 30.2. The number of piperazine rings is 1. The molecule has 2 aliphatic rings. The maximum absolute atomic E-state index is 12.8. The lowest BCUT2D eigenvalue weighted by molar-refractivity contribution is 0.0214. The van der Waals surface area contributed by atoms with E-state index in [4.69, 9.17) is 14.8 Å². The predicted molar refractivity (Wildman–Crippen MR) is 162 cm³/mol. The molecular weight excluding hydrogens is 528 g/mol. The molecule has 212 valence electrons. The molecule has 2 atom stereocenters. The van der Waals surface area contributed by atoms with E-state index >= 15 is 0 Å². The van der Waals surface area contributed by atoms with Crippen LogP contribution in [0.3, 0.4) is 0 Å². The van der Waals surface area contributed by atoms with E-state index in [9.17, 15) is 4.79 Å². The van der Waals surface area contributed by atoms with Gasteiger partial charge in [-0.25, -0.2) is 19.4 Å². The Morgan fingerprint density at radius 1 is 0.929 bits per heavy atom. The highest BCUT2D eigenvalue weighted by atomic mass is 16.6. The number of pyridine rings is 1. The highest BCUT2D eigenvalue weighted by molar-refractivity contribution is 5.95. The molecule has 0 spiro atoms. The summed E-state index contributed by atoms with van der Waals surface area (Å²) < 4.78 is 7.60. The lowest BCUT2D eigenvalue weighted by Crippen LogP contribution is -2.50. The minimum absolute atomic E-state index is 0.108. The summed E-state index contributed by atoms with van der Waals surface area (Å²) in [5.41, 5.74) is 3.58. The first-order chi connectivity index (χ1) is 20.3. The molecule has 3 aromatic heterocycles. The fraction of sp³-hybridized carbons (Fsp3) is 0.281. The van der Waals surface area contributed by atoms with E-state index < -0.39 is 5.60 Å². The van der Waals surface area contributed by atoms with Crippen LogP contribution in [0.15, 0.2) is 85.5 Å². The van der Waals surface area contributed by atoms with Gasteiger partial charge in [-0.1, -0.05) is 36.4 Å². The topological polar surface area (TPSA) is 101 Å². The van der Waals surface area contributed by atoms with Crippen LogP contribution in [0.4, 0.5) is 22.2 Å². The van der Waals surface area contributed by atoms with E-state index in [-0.39, 0.29) is 18.2 Å². The molecule has 0 unspecified atom stereocenters. The fourth-order valence-electron chi connectivity index (χ4n) is 5.89. The van der Waals surface area contributed by atoms with Crippen molar-refractivity contribution in [1.82, 2.24) is 29.6 Å². The number of amides is 1. The first-order valence-corrected chi connectivity index (χ1v) is 14.2. The summed E-state index contributed by atoms with van der Waals surface area (Å²) in [6.07, 6.45) is 7.46. The van der Waals surface area contributed by atoms with Gasteiger partial charge < -0.3 is 19.9 Å². The Bertz CT molecular complexity index is 1750. The van der Waals surface area contributed by atoms with Gasteiger partial charge in [0.25, 0.3) is 0 Å². The van der Waals surface area contributed by atoms with Gasteiger partial charge in [-0.3, -0.25) is 4.98 Å². The molecule has 0 aliphatic carbocycles. The number of fused-ring (bicyclic) bond motifs is 3. The molecule has 1 amide bonds. The third-order valence-electron chi connectivity index (χ3n) is 7.73. The first kappa shape index (κ1) is 25.9. The largest absolute Gasteiger partial charge is 0.444 e. The zero-order valence-corrected chi connectivity index (χ0v) is 23.8. The van der Waals surface area contributed by atoms with Crippen molar-refractivity contribution < 1.29 is 9.53 Å². The van der Waals surface area contributed by atoms with Crippen molar-refractivity contribution >= 4 is 34.4 Å². The second kappa shape index (κ2) is 10.1. The standard InChI is InChI=1S/C32H32N8O2/c1-32(2,3)42-31(41)39-20-24-16-25(39)19-38(24)29-17-23(11-12-35-29)40-27-15-22(21-7-5-4-6-8-21)9-10-26(27)30(37-40)36-28-18-33-13-14-34-28/h4-15,17-18,24-25H,16,19-20H2,1-3H3,(H,34,36,37)/t24-,25-/m0/s1. The van der Waals surface area contributed by atoms with Crippen LogP contribution in [-0.4, -0.2) is 66.5 Å². The summed E-state index contributed by atoms with van der Waals surface area (Å²) in [5.74, 6) is 2.18. The molecule has 7 rings (SSSR count). The van der Waals surface area contributed by atoms with Crippen LogP contribution in [-0.2, 0) is 4.74 Å². The highest BCUT2D eigenvalue weighted by Crippen LogP contribution is 2.36. The third kappa shape index (κ3) is 4.89. The summed E-state index contributed by atoms with van der Waals surface area (Å²) in [6.45, 7) is 7.05. The number of benzene rings is 2. The van der Waals surface area contributed by atoms with Crippen molar-refractivity contribution in [3.05, 3.63) is 85.5 Å². The number of aromatic nitrogens is 5. The number of anilines is 3. The van der Waals surface area contributed by atoms with Gasteiger partial charge in [-0.2, -0.15) is 0 Å². The average Bonchev–Trinajstić information content (AvgIpc) is 3.71. The minimum Gasteiger partial charge on any atom is -0.444 e. The summed E-state index contributed by atoms with van der Waals surface area (Å²) >= 11 is 0. The number of nitrogens with one attached hydrogen (secondary N) is 1. The Labute approximate surface area is 244 Å². The molecule has 5 aromatic rings. The molecule has 2 aliphatic heterocycles. The number of hydrogen-bond acceptors (Lipinski definition) is 8. The van der Waals surface area contributed by atoms with Gasteiger partial charge in [-0.05, 0) is 56.5 Å². The Morgan fingerprint density at radius 2 is 1.79 bits per heavy atom. The van der Waals surface area contributed by atoms with Crippen molar-refractivity contribution in [3.63, 3.8) is 0 Å². The summed E-state index contributed by atoms with van der Waals surface area (Å²) in [6, 6.07) is 21.0. The van der Waals surface area contributed by atoms with Crippen molar-refractivity contribution in [3.8, 4) is 16.8 Å². The van der Waals surface area contributed by atoms with Crippen LogP contribution < -0.4 is 10.2 Å². The lowest BCUT2D eigenvalue weighted by Gasteiger charge is -2.35. The van der Waals surface area contributed by atoms with Crippen LogP contribution in [0.25, 0.3) is 27.7 Å².